The van der Waals surface area contributed by atoms with Gasteiger partial charge >= 0.3 is 0 Å². The minimum Gasteiger partial charge on any atom is -0.355 e. The van der Waals surface area contributed by atoms with Crippen LogP contribution in [0.1, 0.15) is 37.5 Å². The molecule has 100 valence electrons. The zero-order valence-electron chi connectivity index (χ0n) is 12.2. The normalized spacial score (nSPS) is 10.5. The molecule has 0 bridgehead atoms. The van der Waals surface area contributed by atoms with E-state index in [0.717, 1.165) is 19.3 Å². The van der Waals surface area contributed by atoms with Crippen LogP contribution in [-0.4, -0.2) is 0 Å². The molecule has 0 aromatic heterocycles. The molecule has 0 heterocycles. The maximum Gasteiger partial charge on any atom is 0.0419 e. The van der Waals surface area contributed by atoms with Crippen LogP contribution in [0.3, 0.4) is 0 Å². The van der Waals surface area contributed by atoms with Crippen molar-refractivity contribution in [1.82, 2.24) is 0 Å². The molecule has 2 aromatic carbocycles. The third-order valence-electron chi connectivity index (χ3n) is 3.63. The zero-order chi connectivity index (χ0) is 13.7. The van der Waals surface area contributed by atoms with Crippen LogP contribution in [0.4, 0.5) is 11.4 Å². The van der Waals surface area contributed by atoms with Gasteiger partial charge in [0.05, 0.1) is 0 Å². The summed E-state index contributed by atoms with van der Waals surface area (Å²) in [5, 5.41) is 3.62. The van der Waals surface area contributed by atoms with E-state index < -0.39 is 0 Å². The van der Waals surface area contributed by atoms with E-state index in [4.69, 9.17) is 0 Å². The molecule has 1 heteroatoms. The van der Waals surface area contributed by atoms with Gasteiger partial charge in [-0.1, -0.05) is 51.1 Å². The molecule has 0 amide bonds. The maximum absolute atomic E-state index is 3.62. The van der Waals surface area contributed by atoms with Crippen molar-refractivity contribution >= 4 is 11.4 Å². The largest absolute Gasteiger partial charge is 0.355 e. The van der Waals surface area contributed by atoms with Crippen molar-refractivity contribution in [3.8, 4) is 0 Å². The third kappa shape index (κ3) is 3.17. The van der Waals surface area contributed by atoms with E-state index in [2.05, 4.69) is 68.6 Å². The van der Waals surface area contributed by atoms with Crippen molar-refractivity contribution in [2.75, 3.05) is 5.32 Å². The summed E-state index contributed by atoms with van der Waals surface area (Å²) in [5.74, 6) is 0. The second kappa shape index (κ2) is 6.42. The van der Waals surface area contributed by atoms with Crippen LogP contribution in [-0.2, 0) is 19.3 Å². The molecule has 1 N–H and O–H groups in total. The molecule has 0 radical (unpaired) electrons. The number of benzene rings is 2. The molecule has 0 saturated carbocycles. The minimum atomic E-state index is 1.05. The summed E-state index contributed by atoms with van der Waals surface area (Å²) in [6.45, 7) is 6.60. The minimum absolute atomic E-state index is 1.05. The summed E-state index contributed by atoms with van der Waals surface area (Å²) in [6.07, 6.45) is 3.19. The van der Waals surface area contributed by atoms with E-state index in [1.54, 1.807) is 0 Å². The van der Waals surface area contributed by atoms with E-state index in [9.17, 15) is 0 Å². The highest BCUT2D eigenvalue weighted by atomic mass is 14.9. The van der Waals surface area contributed by atoms with Gasteiger partial charge < -0.3 is 5.32 Å². The van der Waals surface area contributed by atoms with Gasteiger partial charge in [-0.05, 0) is 48.1 Å². The lowest BCUT2D eigenvalue weighted by Gasteiger charge is -2.15. The predicted molar refractivity (Wildman–Crippen MR) is 84.3 cm³/mol. The Bertz CT molecular complexity index is 543. The second-order valence-electron chi connectivity index (χ2n) is 4.83. The number of anilines is 2. The lowest BCUT2D eigenvalue weighted by molar-refractivity contribution is 1.10. The number of hydrogen-bond acceptors (Lipinski definition) is 1. The van der Waals surface area contributed by atoms with Gasteiger partial charge in [-0.15, -0.1) is 0 Å². The molecule has 0 aliphatic heterocycles. The summed E-state index contributed by atoms with van der Waals surface area (Å²) >= 11 is 0. The Hall–Kier alpha value is -1.76. The molecule has 0 aliphatic rings. The molecule has 19 heavy (non-hydrogen) atoms. The van der Waals surface area contributed by atoms with Gasteiger partial charge in [0.25, 0.3) is 0 Å². The Labute approximate surface area is 116 Å². The lowest BCUT2D eigenvalue weighted by atomic mass is 10.0. The average molecular weight is 253 g/mol. The fourth-order valence-electron chi connectivity index (χ4n) is 2.36. The van der Waals surface area contributed by atoms with Crippen molar-refractivity contribution in [2.45, 2.75) is 40.0 Å². The molecule has 1 nitrogen and oxygen atoms in total. The molecule has 2 rings (SSSR count). The number of aryl methyl sites for hydroxylation is 3. The predicted octanol–water partition coefficient (Wildman–Crippen LogP) is 5.12. The maximum atomic E-state index is 3.62. The van der Waals surface area contributed by atoms with Crippen LogP contribution in [0.25, 0.3) is 0 Å². The highest BCUT2D eigenvalue weighted by Gasteiger charge is 2.05. The van der Waals surface area contributed by atoms with Crippen LogP contribution in [0.5, 0.6) is 0 Å². The van der Waals surface area contributed by atoms with E-state index in [-0.39, 0.29) is 0 Å². The van der Waals surface area contributed by atoms with Crippen LogP contribution in [0.2, 0.25) is 0 Å². The molecule has 0 spiro atoms. The molecule has 0 fully saturated rings. The molecule has 0 atom stereocenters. The topological polar surface area (TPSA) is 12.0 Å². The Balaban J connectivity index is 2.36. The summed E-state index contributed by atoms with van der Waals surface area (Å²) in [6, 6.07) is 15.3. The number of para-hydroxylation sites is 1. The Morgan fingerprint density at radius 1 is 0.737 bits per heavy atom. The lowest BCUT2D eigenvalue weighted by Crippen LogP contribution is -1.99. The highest BCUT2D eigenvalue weighted by Crippen LogP contribution is 2.26. The molecular formula is C18H23N. The quantitative estimate of drug-likeness (QED) is 0.780. The van der Waals surface area contributed by atoms with Crippen LogP contribution in [0, 0.1) is 0 Å². The first-order valence-electron chi connectivity index (χ1n) is 7.25. The fraction of sp³-hybridized carbons (Fsp3) is 0.333. The number of nitrogens with one attached hydrogen (secondary N) is 1. The average Bonchev–Trinajstić information content (AvgIpc) is 2.47. The van der Waals surface area contributed by atoms with Crippen LogP contribution < -0.4 is 5.32 Å². The second-order valence-corrected chi connectivity index (χ2v) is 4.83. The van der Waals surface area contributed by atoms with Gasteiger partial charge in [-0.3, -0.25) is 0 Å². The molecule has 0 unspecified atom stereocenters. The smallest absolute Gasteiger partial charge is 0.0419 e. The SMILES string of the molecule is CCc1ccc(CC)c(Nc2ccccc2CC)c1. The van der Waals surface area contributed by atoms with Crippen LogP contribution in [0.15, 0.2) is 42.5 Å². The van der Waals surface area contributed by atoms with E-state index >= 15 is 0 Å². The third-order valence-corrected chi connectivity index (χ3v) is 3.63. The highest BCUT2D eigenvalue weighted by molar-refractivity contribution is 5.66. The zero-order valence-corrected chi connectivity index (χ0v) is 12.2. The van der Waals surface area contributed by atoms with Gasteiger partial charge in [-0.25, -0.2) is 0 Å². The first kappa shape index (κ1) is 13.7. The summed E-state index contributed by atoms with van der Waals surface area (Å²) in [5.41, 5.74) is 6.61. The molecule has 2 aromatic rings. The standard InChI is InChI=1S/C18H23N/c1-4-14-11-12-16(6-3)18(13-14)19-17-10-8-7-9-15(17)5-2/h7-13,19H,4-6H2,1-3H3. The number of hydrogen-bond donors (Lipinski definition) is 1. The molecule has 0 saturated heterocycles. The summed E-state index contributed by atoms with van der Waals surface area (Å²) < 4.78 is 0. The Kier molecular flexibility index (Phi) is 4.62. The fourth-order valence-corrected chi connectivity index (χ4v) is 2.36. The van der Waals surface area contributed by atoms with Crippen molar-refractivity contribution in [1.29, 1.82) is 0 Å². The van der Waals surface area contributed by atoms with Gasteiger partial charge in [0, 0.05) is 11.4 Å². The van der Waals surface area contributed by atoms with E-state index in [1.807, 2.05) is 0 Å². The molecule has 0 aliphatic carbocycles. The molecular weight excluding hydrogens is 230 g/mol. The summed E-state index contributed by atoms with van der Waals surface area (Å²) in [7, 11) is 0. The van der Waals surface area contributed by atoms with Gasteiger partial charge in [-0.2, -0.15) is 0 Å². The Morgan fingerprint density at radius 2 is 1.42 bits per heavy atom. The van der Waals surface area contributed by atoms with Crippen molar-refractivity contribution in [2.24, 2.45) is 0 Å². The van der Waals surface area contributed by atoms with Crippen LogP contribution >= 0.6 is 0 Å². The first-order chi connectivity index (χ1) is 9.28. The number of rotatable bonds is 5. The van der Waals surface area contributed by atoms with Gasteiger partial charge in [0.15, 0.2) is 0 Å². The van der Waals surface area contributed by atoms with E-state index in [1.165, 1.54) is 28.1 Å². The van der Waals surface area contributed by atoms with E-state index in [0.29, 0.717) is 0 Å². The first-order valence-corrected chi connectivity index (χ1v) is 7.25. The monoisotopic (exact) mass is 253 g/mol. The summed E-state index contributed by atoms with van der Waals surface area (Å²) in [4.78, 5) is 0. The van der Waals surface area contributed by atoms with Gasteiger partial charge in [0.2, 0.25) is 0 Å². The van der Waals surface area contributed by atoms with Crippen molar-refractivity contribution < 1.29 is 0 Å². The van der Waals surface area contributed by atoms with Crippen molar-refractivity contribution in [3.05, 3.63) is 59.2 Å². The van der Waals surface area contributed by atoms with Gasteiger partial charge in [0.1, 0.15) is 0 Å². The van der Waals surface area contributed by atoms with Crippen molar-refractivity contribution in [3.63, 3.8) is 0 Å². The Morgan fingerprint density at radius 3 is 2.11 bits per heavy atom.